The molecule has 0 saturated carbocycles. The van der Waals surface area contributed by atoms with Gasteiger partial charge >= 0.3 is 5.97 Å². The van der Waals surface area contributed by atoms with E-state index < -0.39 is 12.0 Å². The van der Waals surface area contributed by atoms with Gasteiger partial charge in [-0.15, -0.1) is 0 Å². The van der Waals surface area contributed by atoms with Crippen LogP contribution >= 0.6 is 0 Å². The molecule has 0 aliphatic carbocycles. The summed E-state index contributed by atoms with van der Waals surface area (Å²) >= 11 is 0. The second-order valence-corrected chi connectivity index (χ2v) is 4.20. The summed E-state index contributed by atoms with van der Waals surface area (Å²) in [5.74, 6) is -0.933. The lowest BCUT2D eigenvalue weighted by Gasteiger charge is -2.32. The Morgan fingerprint density at radius 1 is 1.40 bits per heavy atom. The van der Waals surface area contributed by atoms with Crippen LogP contribution in [0.5, 0.6) is 0 Å². The highest BCUT2D eigenvalue weighted by Gasteiger charge is 2.31. The molecule has 0 aliphatic heterocycles. The van der Waals surface area contributed by atoms with E-state index >= 15 is 0 Å². The summed E-state index contributed by atoms with van der Waals surface area (Å²) in [6.45, 7) is 7.53. The Bertz CT molecular complexity index is 216. The van der Waals surface area contributed by atoms with Crippen LogP contribution in [0.4, 0.5) is 0 Å². The second-order valence-electron chi connectivity index (χ2n) is 4.20. The molecule has 1 N–H and O–H groups in total. The van der Waals surface area contributed by atoms with E-state index in [-0.39, 0.29) is 12.0 Å². The molecule has 4 nitrogen and oxygen atoms in total. The molecule has 2 unspecified atom stereocenters. The number of carboxylic acid groups (broad SMARTS) is 1. The molecule has 0 aromatic carbocycles. The van der Waals surface area contributed by atoms with Crippen LogP contribution in [0, 0.1) is 5.92 Å². The van der Waals surface area contributed by atoms with Crippen LogP contribution in [0.2, 0.25) is 0 Å². The zero-order valence-corrected chi connectivity index (χ0v) is 9.93. The topological polar surface area (TPSA) is 57.6 Å². The molecule has 0 bridgehead atoms. The van der Waals surface area contributed by atoms with Crippen molar-refractivity contribution in [1.29, 1.82) is 0 Å². The minimum atomic E-state index is -0.920. The quantitative estimate of drug-likeness (QED) is 0.658. The molecule has 0 saturated heterocycles. The average Bonchev–Trinajstić information content (AvgIpc) is 2.12. The number of amides is 1. The number of aliphatic carboxylic acids is 1. The van der Waals surface area contributed by atoms with Crippen molar-refractivity contribution in [3.63, 3.8) is 0 Å². The molecule has 0 heterocycles. The lowest BCUT2D eigenvalue weighted by molar-refractivity contribution is -0.150. The van der Waals surface area contributed by atoms with Crippen molar-refractivity contribution in [2.45, 2.75) is 52.6 Å². The molecule has 1 amide bonds. The first kappa shape index (κ1) is 13.9. The van der Waals surface area contributed by atoms with Crippen molar-refractivity contribution in [3.8, 4) is 0 Å². The van der Waals surface area contributed by atoms with Gasteiger partial charge in [-0.05, 0) is 26.2 Å². The van der Waals surface area contributed by atoms with Crippen LogP contribution in [0.25, 0.3) is 0 Å². The molecular formula is C11H21NO3. The van der Waals surface area contributed by atoms with E-state index in [2.05, 4.69) is 0 Å². The number of hydrogen-bond donors (Lipinski definition) is 1. The van der Waals surface area contributed by atoms with Crippen LogP contribution in [-0.2, 0) is 9.59 Å². The number of rotatable bonds is 7. The summed E-state index contributed by atoms with van der Waals surface area (Å²) in [6, 6.07) is -0.787. The molecular weight excluding hydrogens is 194 g/mol. The van der Waals surface area contributed by atoms with Gasteiger partial charge in [0, 0.05) is 6.04 Å². The van der Waals surface area contributed by atoms with E-state index in [4.69, 9.17) is 5.11 Å². The predicted octanol–water partition coefficient (Wildman–Crippen LogP) is 1.74. The van der Waals surface area contributed by atoms with E-state index in [1.165, 1.54) is 4.90 Å². The van der Waals surface area contributed by atoms with Gasteiger partial charge in [0.15, 0.2) is 0 Å². The molecule has 4 heteroatoms. The number of carbonyl (C=O) groups excluding carboxylic acids is 1. The zero-order chi connectivity index (χ0) is 12.0. The number of nitrogens with zero attached hydrogens (tertiary/aromatic N) is 1. The minimum Gasteiger partial charge on any atom is -0.480 e. The van der Waals surface area contributed by atoms with Crippen molar-refractivity contribution in [3.05, 3.63) is 0 Å². The Kier molecular flexibility index (Phi) is 5.97. The van der Waals surface area contributed by atoms with E-state index in [1.807, 2.05) is 27.7 Å². The van der Waals surface area contributed by atoms with Gasteiger partial charge in [0.25, 0.3) is 0 Å². The van der Waals surface area contributed by atoms with Gasteiger partial charge in [0.1, 0.15) is 6.04 Å². The molecule has 2 atom stereocenters. The molecule has 0 fully saturated rings. The first-order valence-electron chi connectivity index (χ1n) is 5.41. The van der Waals surface area contributed by atoms with E-state index in [0.717, 1.165) is 12.8 Å². The van der Waals surface area contributed by atoms with Gasteiger partial charge in [-0.2, -0.15) is 0 Å². The molecule has 0 aromatic rings. The number of carboxylic acids is 1. The summed E-state index contributed by atoms with van der Waals surface area (Å²) in [7, 11) is 0. The average molecular weight is 215 g/mol. The second kappa shape index (κ2) is 6.43. The van der Waals surface area contributed by atoms with Crippen LogP contribution < -0.4 is 0 Å². The van der Waals surface area contributed by atoms with Crippen LogP contribution in [-0.4, -0.2) is 34.5 Å². The largest absolute Gasteiger partial charge is 0.480 e. The lowest BCUT2D eigenvalue weighted by Crippen LogP contribution is -2.48. The highest BCUT2D eigenvalue weighted by molar-refractivity contribution is 5.76. The maximum absolute atomic E-state index is 11.1. The Morgan fingerprint density at radius 3 is 2.20 bits per heavy atom. The maximum Gasteiger partial charge on any atom is 0.326 e. The fourth-order valence-corrected chi connectivity index (χ4v) is 1.79. The fourth-order valence-electron chi connectivity index (χ4n) is 1.79. The van der Waals surface area contributed by atoms with Crippen LogP contribution in [0.1, 0.15) is 40.5 Å². The summed E-state index contributed by atoms with van der Waals surface area (Å²) in [5.41, 5.74) is 0. The van der Waals surface area contributed by atoms with Gasteiger partial charge in [0.2, 0.25) is 6.41 Å². The molecule has 0 aliphatic rings. The lowest BCUT2D eigenvalue weighted by atomic mass is 9.95. The Hall–Kier alpha value is -1.06. The van der Waals surface area contributed by atoms with Crippen molar-refractivity contribution >= 4 is 12.4 Å². The Labute approximate surface area is 91.3 Å². The SMILES string of the molecule is CCCC(C)C(C(=O)O)N(C=O)C(C)C. The van der Waals surface area contributed by atoms with Gasteiger partial charge in [0.05, 0.1) is 0 Å². The van der Waals surface area contributed by atoms with Crippen molar-refractivity contribution < 1.29 is 14.7 Å². The van der Waals surface area contributed by atoms with Crippen molar-refractivity contribution in [2.24, 2.45) is 5.92 Å². The monoisotopic (exact) mass is 215 g/mol. The first-order chi connectivity index (χ1) is 6.95. The van der Waals surface area contributed by atoms with Gasteiger partial charge in [-0.25, -0.2) is 4.79 Å². The van der Waals surface area contributed by atoms with E-state index in [0.29, 0.717) is 6.41 Å². The Morgan fingerprint density at radius 2 is 1.93 bits per heavy atom. The third-order valence-corrected chi connectivity index (χ3v) is 2.58. The summed E-state index contributed by atoms with van der Waals surface area (Å²) < 4.78 is 0. The minimum absolute atomic E-state index is 0.0138. The zero-order valence-electron chi connectivity index (χ0n) is 9.93. The molecule has 88 valence electrons. The summed E-state index contributed by atoms with van der Waals surface area (Å²) in [6.07, 6.45) is 2.37. The highest BCUT2D eigenvalue weighted by atomic mass is 16.4. The smallest absolute Gasteiger partial charge is 0.326 e. The third-order valence-electron chi connectivity index (χ3n) is 2.58. The number of carbonyl (C=O) groups is 2. The fraction of sp³-hybridized carbons (Fsp3) is 0.818. The summed E-state index contributed by atoms with van der Waals surface area (Å²) in [5, 5.41) is 9.12. The van der Waals surface area contributed by atoms with E-state index in [1.54, 1.807) is 0 Å². The Balaban J connectivity index is 4.76. The van der Waals surface area contributed by atoms with E-state index in [9.17, 15) is 9.59 Å². The molecule has 0 spiro atoms. The first-order valence-corrected chi connectivity index (χ1v) is 5.41. The predicted molar refractivity (Wildman–Crippen MR) is 58.5 cm³/mol. The van der Waals surface area contributed by atoms with Crippen molar-refractivity contribution in [1.82, 2.24) is 4.90 Å². The molecule has 0 aromatic heterocycles. The third kappa shape index (κ3) is 3.90. The van der Waals surface area contributed by atoms with Crippen molar-refractivity contribution in [2.75, 3.05) is 0 Å². The normalized spacial score (nSPS) is 14.7. The molecule has 15 heavy (non-hydrogen) atoms. The maximum atomic E-state index is 11.1. The van der Waals surface area contributed by atoms with Crippen LogP contribution in [0.3, 0.4) is 0 Å². The van der Waals surface area contributed by atoms with Gasteiger partial charge in [-0.3, -0.25) is 4.79 Å². The molecule has 0 radical (unpaired) electrons. The summed E-state index contributed by atoms with van der Waals surface area (Å²) in [4.78, 5) is 23.4. The molecule has 0 rings (SSSR count). The standard InChI is InChI=1S/C11H21NO3/c1-5-6-9(4)10(11(14)15)12(7-13)8(2)3/h7-10H,5-6H2,1-4H3,(H,14,15). The highest BCUT2D eigenvalue weighted by Crippen LogP contribution is 2.17. The van der Waals surface area contributed by atoms with Gasteiger partial charge < -0.3 is 10.0 Å². The van der Waals surface area contributed by atoms with Gasteiger partial charge in [-0.1, -0.05) is 20.3 Å². The number of hydrogen-bond acceptors (Lipinski definition) is 2. The van der Waals surface area contributed by atoms with Crippen LogP contribution in [0.15, 0.2) is 0 Å².